The first kappa shape index (κ1) is 32.5. The third-order valence-corrected chi connectivity index (χ3v) is 7.05. The van der Waals surface area contributed by atoms with Crippen molar-refractivity contribution in [3.8, 4) is 11.5 Å². The van der Waals surface area contributed by atoms with Crippen molar-refractivity contribution in [2.45, 2.75) is 25.8 Å². The van der Waals surface area contributed by atoms with E-state index in [1.165, 1.54) is 0 Å². The van der Waals surface area contributed by atoms with Gasteiger partial charge >= 0.3 is 5.97 Å². The Bertz CT molecular complexity index is 1650. The fourth-order valence-electron chi connectivity index (χ4n) is 4.46. The number of allylic oxidation sites excluding steroid dienone is 2. The number of carbonyl (C=O) groups is 2. The van der Waals surface area contributed by atoms with Gasteiger partial charge in [0, 0.05) is 11.1 Å². The van der Waals surface area contributed by atoms with Gasteiger partial charge in [0.2, 0.25) is 0 Å². The van der Waals surface area contributed by atoms with E-state index in [9.17, 15) is 9.59 Å². The van der Waals surface area contributed by atoms with Crippen molar-refractivity contribution < 1.29 is 23.8 Å². The summed E-state index contributed by atoms with van der Waals surface area (Å²) < 4.78 is 17.2. The van der Waals surface area contributed by atoms with Gasteiger partial charge in [-0.15, -0.1) is 0 Å². The summed E-state index contributed by atoms with van der Waals surface area (Å²) in [4.78, 5) is 26.2. The Balaban J connectivity index is 1.37. The number of amides is 1. The molecular formula is C35H38ClN3O5. The quantitative estimate of drug-likeness (QED) is 0.0838. The highest BCUT2D eigenvalue weighted by molar-refractivity contribution is 6.31. The molecule has 0 aromatic heterocycles. The van der Waals surface area contributed by atoms with E-state index in [1.54, 1.807) is 24.3 Å². The van der Waals surface area contributed by atoms with E-state index < -0.39 is 5.97 Å². The van der Waals surface area contributed by atoms with Crippen LogP contribution in [-0.2, 0) is 4.74 Å². The summed E-state index contributed by atoms with van der Waals surface area (Å²) in [5.74, 6) is 0.152. The zero-order chi connectivity index (χ0) is 31.3. The van der Waals surface area contributed by atoms with Crippen molar-refractivity contribution in [1.82, 2.24) is 5.32 Å². The fraction of sp³-hybridized carbons (Fsp3) is 0.257. The molecule has 0 aliphatic heterocycles. The molecule has 0 saturated heterocycles. The largest absolute Gasteiger partial charge is 0.493 e. The lowest BCUT2D eigenvalue weighted by molar-refractivity contribution is 0.0544. The normalized spacial score (nSPS) is 12.4. The van der Waals surface area contributed by atoms with E-state index in [4.69, 9.17) is 37.3 Å². The number of benzene rings is 4. The van der Waals surface area contributed by atoms with Gasteiger partial charge in [-0.3, -0.25) is 4.79 Å². The summed E-state index contributed by atoms with van der Waals surface area (Å²) >= 11 is 6.37. The molecular weight excluding hydrogens is 578 g/mol. The number of nitrogens with two attached hydrogens (primary N) is 2. The van der Waals surface area contributed by atoms with Gasteiger partial charge in [-0.1, -0.05) is 66.2 Å². The van der Waals surface area contributed by atoms with Crippen molar-refractivity contribution in [3.63, 3.8) is 0 Å². The molecule has 5 N–H and O–H groups in total. The van der Waals surface area contributed by atoms with Crippen molar-refractivity contribution >= 4 is 45.0 Å². The second-order valence-electron chi connectivity index (χ2n) is 10.2. The first-order chi connectivity index (χ1) is 21.4. The first-order valence-electron chi connectivity index (χ1n) is 14.6. The third kappa shape index (κ3) is 9.07. The maximum atomic E-state index is 13.2. The van der Waals surface area contributed by atoms with E-state index in [2.05, 4.69) is 5.32 Å². The van der Waals surface area contributed by atoms with Crippen molar-refractivity contribution in [3.05, 3.63) is 107 Å². The molecule has 1 atom stereocenters. The number of esters is 1. The van der Waals surface area contributed by atoms with Crippen molar-refractivity contribution in [2.24, 2.45) is 11.5 Å². The van der Waals surface area contributed by atoms with Gasteiger partial charge in [-0.25, -0.2) is 4.79 Å². The van der Waals surface area contributed by atoms with E-state index >= 15 is 0 Å². The standard InChI is InChI=1S/C35H38ClN3O5/c1-24(39-34(40)30-20-25-8-2-4-10-27(25)22-32(30)42-17-6-15-37)12-13-29(36)14-19-44-35(41)31-21-26-9-3-5-11-28(26)23-33(31)43-18-7-16-38/h2-5,8-14,20-24H,6-7,15-19,37-38H2,1H3,(H,39,40)/b13-12-,29-14+. The molecule has 230 valence electrons. The van der Waals surface area contributed by atoms with Gasteiger partial charge in [0.15, 0.2) is 0 Å². The van der Waals surface area contributed by atoms with E-state index in [0.717, 1.165) is 21.5 Å². The molecule has 0 spiro atoms. The lowest BCUT2D eigenvalue weighted by Gasteiger charge is -2.15. The monoisotopic (exact) mass is 615 g/mol. The Morgan fingerprint density at radius 2 is 1.32 bits per heavy atom. The fourth-order valence-corrected chi connectivity index (χ4v) is 4.59. The number of halogens is 1. The number of ether oxygens (including phenoxy) is 3. The molecule has 0 aliphatic rings. The lowest BCUT2D eigenvalue weighted by atomic mass is 10.0. The molecule has 4 aromatic carbocycles. The predicted molar refractivity (Wildman–Crippen MR) is 177 cm³/mol. The van der Waals surface area contributed by atoms with Crippen LogP contribution in [0.3, 0.4) is 0 Å². The Labute approximate surface area is 262 Å². The minimum absolute atomic E-state index is 0.0433. The molecule has 0 saturated carbocycles. The molecule has 0 heterocycles. The number of nitrogens with one attached hydrogen (secondary N) is 1. The Morgan fingerprint density at radius 3 is 1.86 bits per heavy atom. The molecule has 4 rings (SSSR count). The van der Waals surface area contributed by atoms with E-state index in [-0.39, 0.29) is 18.6 Å². The number of hydrogen-bond acceptors (Lipinski definition) is 7. The lowest BCUT2D eigenvalue weighted by Crippen LogP contribution is -2.31. The zero-order valence-electron chi connectivity index (χ0n) is 24.8. The number of carbonyl (C=O) groups excluding carboxylic acids is 2. The predicted octanol–water partition coefficient (Wildman–Crippen LogP) is 6.10. The first-order valence-corrected chi connectivity index (χ1v) is 15.0. The summed E-state index contributed by atoms with van der Waals surface area (Å²) in [5.41, 5.74) is 12.0. The SMILES string of the molecule is CC(/C=C\C(Cl)=C/COC(=O)c1cc2ccccc2cc1OCCCN)NC(=O)c1cc2ccccc2cc1OCCCN. The maximum absolute atomic E-state index is 13.2. The average molecular weight is 616 g/mol. The second-order valence-corrected chi connectivity index (χ2v) is 10.6. The van der Waals surface area contributed by atoms with Crippen LogP contribution in [0.5, 0.6) is 11.5 Å². The highest BCUT2D eigenvalue weighted by Crippen LogP contribution is 2.28. The highest BCUT2D eigenvalue weighted by atomic mass is 35.5. The summed E-state index contributed by atoms with van der Waals surface area (Å²) in [6.45, 7) is 3.58. The zero-order valence-corrected chi connectivity index (χ0v) is 25.5. The minimum atomic E-state index is -0.524. The molecule has 8 nitrogen and oxygen atoms in total. The molecule has 0 radical (unpaired) electrons. The van der Waals surface area contributed by atoms with Crippen LogP contribution in [0.1, 0.15) is 40.5 Å². The molecule has 44 heavy (non-hydrogen) atoms. The molecule has 4 aromatic rings. The van der Waals surface area contributed by atoms with Gasteiger partial charge < -0.3 is 31.0 Å². The van der Waals surface area contributed by atoms with Crippen LogP contribution in [0.25, 0.3) is 21.5 Å². The van der Waals surface area contributed by atoms with Crippen LogP contribution in [-0.4, -0.2) is 50.8 Å². The topological polar surface area (TPSA) is 126 Å². The molecule has 1 amide bonds. The van der Waals surface area contributed by atoms with Crippen molar-refractivity contribution in [2.75, 3.05) is 32.9 Å². The van der Waals surface area contributed by atoms with Crippen LogP contribution < -0.4 is 26.3 Å². The number of rotatable bonds is 15. The highest BCUT2D eigenvalue weighted by Gasteiger charge is 2.17. The van der Waals surface area contributed by atoms with Crippen LogP contribution in [0.4, 0.5) is 0 Å². The number of hydrogen-bond donors (Lipinski definition) is 3. The Morgan fingerprint density at radius 1 is 0.818 bits per heavy atom. The second kappa shape index (κ2) is 16.5. The average Bonchev–Trinajstić information content (AvgIpc) is 3.03. The minimum Gasteiger partial charge on any atom is -0.493 e. The number of fused-ring (bicyclic) bond motifs is 2. The Hall–Kier alpha value is -4.37. The van der Waals surface area contributed by atoms with E-state index in [1.807, 2.05) is 73.7 Å². The maximum Gasteiger partial charge on any atom is 0.342 e. The molecule has 0 aliphatic carbocycles. The van der Waals surface area contributed by atoms with Gasteiger partial charge in [0.1, 0.15) is 23.7 Å². The van der Waals surface area contributed by atoms with Crippen LogP contribution in [0.2, 0.25) is 0 Å². The molecule has 9 heteroatoms. The summed E-state index contributed by atoms with van der Waals surface area (Å²) in [6, 6.07) is 22.4. The van der Waals surface area contributed by atoms with Gasteiger partial charge in [0.05, 0.1) is 18.8 Å². The molecule has 0 bridgehead atoms. The summed E-state index contributed by atoms with van der Waals surface area (Å²) in [7, 11) is 0. The molecule has 1 unspecified atom stereocenters. The third-order valence-electron chi connectivity index (χ3n) is 6.77. The summed E-state index contributed by atoms with van der Waals surface area (Å²) in [6.07, 6.45) is 6.32. The van der Waals surface area contributed by atoms with Gasteiger partial charge in [-0.2, -0.15) is 0 Å². The van der Waals surface area contributed by atoms with Crippen LogP contribution in [0.15, 0.2) is 96.1 Å². The molecule has 0 fully saturated rings. The van der Waals surface area contributed by atoms with Gasteiger partial charge in [-0.05, 0) is 90.8 Å². The van der Waals surface area contributed by atoms with E-state index in [0.29, 0.717) is 66.8 Å². The smallest absolute Gasteiger partial charge is 0.342 e. The Kier molecular flexibility index (Phi) is 12.2. The van der Waals surface area contributed by atoms with Crippen molar-refractivity contribution in [1.29, 1.82) is 0 Å². The summed E-state index contributed by atoms with van der Waals surface area (Å²) in [5, 5.41) is 7.09. The van der Waals surface area contributed by atoms with Crippen LogP contribution >= 0.6 is 11.6 Å². The van der Waals surface area contributed by atoms with Gasteiger partial charge in [0.25, 0.3) is 5.91 Å². The van der Waals surface area contributed by atoms with Crippen LogP contribution in [0, 0.1) is 0 Å².